The number of benzene rings is 4. The Morgan fingerprint density at radius 2 is 1.38 bits per heavy atom. The standard InChI is InChI=1S/C64H79N9O9/c65-27-30-67-64(80)82-50-36-56-61(77)69-53(24-21-41-11-3-1-4-12-41)60(76)70-54(33-48-37-68-52-18-10-9-17-51(48)52)58(74)35-47(31-43-25-28-66-29-26-43)59(75)71-55(32-42-19-22-49(23-20-42)81-40-44-13-5-2-6-14-44)62(78)72-38-46-16-8-7-15-45(46)34-57(72)63(79)73(56)39-50/h1,3-4,7-12,15-20,22-23,37,43-44,47,50,53-57,66,68H,2,5-6,13-14,21,24-36,38-40,65H2,(H,67,80)(H,69,77)(H,70,76)(H,71,75)/t47-,50-,53+,54-,55+,56+,57+/m1/s1. The highest BCUT2D eigenvalue weighted by Crippen LogP contribution is 2.32. The molecular weight excluding hydrogens is 1040 g/mol. The van der Waals surface area contributed by atoms with Crippen molar-refractivity contribution in [2.24, 2.45) is 23.5 Å². The Morgan fingerprint density at radius 3 is 2.16 bits per heavy atom. The summed E-state index contributed by atoms with van der Waals surface area (Å²) in [6.45, 7) is 2.24. The van der Waals surface area contributed by atoms with E-state index in [4.69, 9.17) is 15.2 Å². The van der Waals surface area contributed by atoms with Crippen molar-refractivity contribution in [2.75, 3.05) is 39.3 Å². The number of carbonyl (C=O) groups excluding carboxylic acids is 7. The molecule has 0 unspecified atom stereocenters. The molecule has 0 radical (unpaired) electrons. The normalized spacial score (nSPS) is 24.5. The molecule has 6 amide bonds. The van der Waals surface area contributed by atoms with Gasteiger partial charge >= 0.3 is 6.09 Å². The lowest BCUT2D eigenvalue weighted by atomic mass is 9.83. The topological polar surface area (TPSA) is 246 Å². The smallest absolute Gasteiger partial charge is 0.407 e. The maximum absolute atomic E-state index is 15.9. The molecule has 434 valence electrons. The highest BCUT2D eigenvalue weighted by Gasteiger charge is 2.48. The number of hydrogen-bond donors (Lipinski definition) is 7. The van der Waals surface area contributed by atoms with Gasteiger partial charge in [0.25, 0.3) is 0 Å². The van der Waals surface area contributed by atoms with Gasteiger partial charge in [-0.3, -0.25) is 28.8 Å². The summed E-state index contributed by atoms with van der Waals surface area (Å²) in [6, 6.07) is 26.4. The number of para-hydroxylation sites is 1. The van der Waals surface area contributed by atoms with E-state index >= 15 is 28.8 Å². The molecule has 0 bridgehead atoms. The number of aromatic nitrogens is 1. The molecule has 1 aliphatic carbocycles. The zero-order chi connectivity index (χ0) is 57.0. The summed E-state index contributed by atoms with van der Waals surface area (Å²) < 4.78 is 12.1. The lowest BCUT2D eigenvalue weighted by molar-refractivity contribution is -0.151. The van der Waals surface area contributed by atoms with Crippen LogP contribution in [0, 0.1) is 17.8 Å². The molecule has 0 spiro atoms. The van der Waals surface area contributed by atoms with Crippen LogP contribution in [0.3, 0.4) is 0 Å². The predicted octanol–water partition coefficient (Wildman–Crippen LogP) is 5.59. The van der Waals surface area contributed by atoms with E-state index < -0.39 is 77.9 Å². The third-order valence-electron chi connectivity index (χ3n) is 17.4. The van der Waals surface area contributed by atoms with Gasteiger partial charge in [0.1, 0.15) is 36.0 Å². The molecule has 1 saturated carbocycles. The third kappa shape index (κ3) is 14.5. The van der Waals surface area contributed by atoms with Gasteiger partial charge in [0, 0.05) is 74.8 Å². The lowest BCUT2D eigenvalue weighted by Crippen LogP contribution is -2.61. The first-order valence-electron chi connectivity index (χ1n) is 29.7. The van der Waals surface area contributed by atoms with Crippen molar-refractivity contribution in [2.45, 2.75) is 139 Å². The molecule has 4 aromatic carbocycles. The fourth-order valence-electron chi connectivity index (χ4n) is 12.8. The largest absolute Gasteiger partial charge is 0.493 e. The number of piperidine rings is 1. The quantitative estimate of drug-likeness (QED) is 0.0682. The number of Topliss-reactive ketones (excluding diaryl/α,β-unsaturated/α-hetero) is 1. The van der Waals surface area contributed by atoms with E-state index in [1.54, 1.807) is 0 Å². The number of nitrogens with one attached hydrogen (secondary N) is 6. The number of ether oxygens (including phenoxy) is 2. The molecular formula is C64H79N9O9. The molecule has 4 aliphatic heterocycles. The molecule has 5 aromatic rings. The molecule has 5 aliphatic rings. The maximum atomic E-state index is 15.9. The van der Waals surface area contributed by atoms with Crippen LogP contribution in [0.1, 0.15) is 98.4 Å². The number of ketones is 1. The van der Waals surface area contributed by atoms with Gasteiger partial charge in [-0.15, -0.1) is 0 Å². The van der Waals surface area contributed by atoms with Crippen LogP contribution in [0.4, 0.5) is 4.79 Å². The van der Waals surface area contributed by atoms with Gasteiger partial charge in [0.15, 0.2) is 5.78 Å². The second kappa shape index (κ2) is 27.5. The highest BCUT2D eigenvalue weighted by atomic mass is 16.6. The second-order valence-electron chi connectivity index (χ2n) is 23.2. The molecule has 18 nitrogen and oxygen atoms in total. The fourth-order valence-corrected chi connectivity index (χ4v) is 12.8. The Labute approximate surface area is 479 Å². The molecule has 1 aromatic heterocycles. The van der Waals surface area contributed by atoms with E-state index in [1.165, 1.54) is 29.1 Å². The Morgan fingerprint density at radius 1 is 0.659 bits per heavy atom. The fraction of sp³-hybridized carbons (Fsp3) is 0.484. The molecule has 7 atom stereocenters. The van der Waals surface area contributed by atoms with Crippen molar-refractivity contribution < 1.29 is 43.0 Å². The Kier molecular flexibility index (Phi) is 19.3. The van der Waals surface area contributed by atoms with Crippen molar-refractivity contribution in [1.29, 1.82) is 0 Å². The number of alkyl carbamates (subject to hydrolysis) is 1. The highest BCUT2D eigenvalue weighted by molar-refractivity contribution is 5.99. The summed E-state index contributed by atoms with van der Waals surface area (Å²) in [5.74, 6) is -2.80. The molecule has 18 heteroatoms. The van der Waals surface area contributed by atoms with Gasteiger partial charge in [0.05, 0.1) is 19.2 Å². The minimum Gasteiger partial charge on any atom is -0.493 e. The second-order valence-corrected chi connectivity index (χ2v) is 23.2. The minimum absolute atomic E-state index is 0.0199. The number of hydrogen-bond acceptors (Lipinski definition) is 11. The van der Waals surface area contributed by atoms with Crippen molar-refractivity contribution in [3.63, 3.8) is 0 Å². The van der Waals surface area contributed by atoms with E-state index in [0.29, 0.717) is 31.1 Å². The first-order valence-corrected chi connectivity index (χ1v) is 29.7. The Balaban J connectivity index is 1.05. The zero-order valence-electron chi connectivity index (χ0n) is 46.8. The summed E-state index contributed by atoms with van der Waals surface area (Å²) in [5.41, 5.74) is 10.6. The molecule has 5 heterocycles. The van der Waals surface area contributed by atoms with E-state index in [9.17, 15) is 4.79 Å². The zero-order valence-corrected chi connectivity index (χ0v) is 46.8. The summed E-state index contributed by atoms with van der Waals surface area (Å²) in [6.07, 6.45) is 8.29. The third-order valence-corrected chi connectivity index (χ3v) is 17.4. The van der Waals surface area contributed by atoms with Crippen molar-refractivity contribution in [3.05, 3.63) is 137 Å². The van der Waals surface area contributed by atoms with Crippen LogP contribution in [-0.2, 0) is 65.7 Å². The van der Waals surface area contributed by atoms with E-state index in [-0.39, 0.29) is 76.4 Å². The number of nitrogens with zero attached hydrogens (tertiary/aromatic N) is 2. The lowest BCUT2D eigenvalue weighted by Gasteiger charge is -2.40. The first kappa shape index (κ1) is 57.7. The van der Waals surface area contributed by atoms with Gasteiger partial charge in [0.2, 0.25) is 29.5 Å². The first-order chi connectivity index (χ1) is 40.0. The number of nitrogens with two attached hydrogens (primary N) is 1. The average molecular weight is 1120 g/mol. The van der Waals surface area contributed by atoms with E-state index in [0.717, 1.165) is 77.5 Å². The summed E-state index contributed by atoms with van der Waals surface area (Å²) in [4.78, 5) is 112. The molecule has 10 rings (SSSR count). The number of rotatable bonds is 15. The minimum atomic E-state index is -1.26. The molecule has 82 heavy (non-hydrogen) atoms. The summed E-state index contributed by atoms with van der Waals surface area (Å²) >= 11 is 0. The van der Waals surface area contributed by atoms with Gasteiger partial charge in [-0.05, 0) is 116 Å². The van der Waals surface area contributed by atoms with Crippen LogP contribution in [-0.4, -0.2) is 132 Å². The number of fused-ring (bicyclic) bond motifs is 4. The van der Waals surface area contributed by atoms with Crippen LogP contribution in [0.5, 0.6) is 5.75 Å². The van der Waals surface area contributed by atoms with Gasteiger partial charge in [-0.25, -0.2) is 4.79 Å². The maximum Gasteiger partial charge on any atom is 0.407 e. The summed E-state index contributed by atoms with van der Waals surface area (Å²) in [7, 11) is 0. The SMILES string of the molecule is NCCNC(=O)O[C@@H]1C[C@H]2C(=O)N[C@@H](CCc3ccccc3)C(=O)N[C@H](Cc3c[nH]c4ccccc34)C(=O)C[C@@H](CC3CCNCC3)C(=O)N[C@@H](Cc3ccc(OCC4CCCCC4)cc3)C(=O)N3Cc4ccccc4C[C@H]3C(=O)N2C1. The van der Waals surface area contributed by atoms with E-state index in [2.05, 4.69) is 31.6 Å². The van der Waals surface area contributed by atoms with Crippen LogP contribution in [0.25, 0.3) is 10.9 Å². The average Bonchev–Trinajstić information content (AvgIpc) is 4.30. The monoisotopic (exact) mass is 1120 g/mol. The molecule has 8 N–H and O–H groups in total. The Hall–Kier alpha value is -7.57. The van der Waals surface area contributed by atoms with Crippen LogP contribution in [0.2, 0.25) is 0 Å². The van der Waals surface area contributed by atoms with E-state index in [1.807, 2.05) is 109 Å². The molecule has 3 saturated heterocycles. The van der Waals surface area contributed by atoms with Crippen molar-refractivity contribution in [3.8, 4) is 5.75 Å². The predicted molar refractivity (Wildman–Crippen MR) is 310 cm³/mol. The number of carbonyl (C=O) groups is 7. The van der Waals surface area contributed by atoms with Gasteiger partial charge < -0.3 is 56.6 Å². The number of aromatic amines is 1. The Bertz CT molecular complexity index is 3030. The number of amides is 6. The van der Waals surface area contributed by atoms with Gasteiger partial charge in [-0.1, -0.05) is 104 Å². The van der Waals surface area contributed by atoms with Gasteiger partial charge in [-0.2, -0.15) is 0 Å². The van der Waals surface area contributed by atoms with Crippen molar-refractivity contribution >= 4 is 52.3 Å². The summed E-state index contributed by atoms with van der Waals surface area (Å²) in [5, 5.41) is 16.1. The molecule has 4 fully saturated rings. The van der Waals surface area contributed by atoms with Crippen molar-refractivity contribution in [1.82, 2.24) is 41.4 Å². The van der Waals surface area contributed by atoms with Crippen LogP contribution < -0.4 is 37.1 Å². The van der Waals surface area contributed by atoms with Crippen LogP contribution in [0.15, 0.2) is 109 Å². The van der Waals surface area contributed by atoms with Crippen LogP contribution >= 0.6 is 0 Å². The number of H-pyrrole nitrogens is 1. The number of aryl methyl sites for hydroxylation is 1.